The summed E-state index contributed by atoms with van der Waals surface area (Å²) in [6.07, 6.45) is 8.92. The Morgan fingerprint density at radius 3 is 2.59 bits per heavy atom. The number of amides is 2. The van der Waals surface area contributed by atoms with Gasteiger partial charge in [0.05, 0.1) is 18.8 Å². The number of hydrogen-bond acceptors (Lipinski definition) is 6. The van der Waals surface area contributed by atoms with E-state index in [9.17, 15) is 9.59 Å². The quantitative estimate of drug-likeness (QED) is 0.754. The van der Waals surface area contributed by atoms with E-state index in [2.05, 4.69) is 10.2 Å². The number of anilines is 1. The van der Waals surface area contributed by atoms with E-state index < -0.39 is 0 Å². The summed E-state index contributed by atoms with van der Waals surface area (Å²) in [5, 5.41) is 3.23. The first-order valence-corrected chi connectivity index (χ1v) is 12.3. The van der Waals surface area contributed by atoms with Gasteiger partial charge in [0.2, 0.25) is 11.8 Å². The maximum Gasteiger partial charge on any atom is 0.236 e. The van der Waals surface area contributed by atoms with Gasteiger partial charge < -0.3 is 15.1 Å². The zero-order valence-electron chi connectivity index (χ0n) is 19.9. The first-order valence-electron chi connectivity index (χ1n) is 12.3. The molecule has 1 aromatic rings. The minimum absolute atomic E-state index is 0.0903. The van der Waals surface area contributed by atoms with Gasteiger partial charge in [0.25, 0.3) is 0 Å². The van der Waals surface area contributed by atoms with Crippen LogP contribution in [0.3, 0.4) is 0 Å². The van der Waals surface area contributed by atoms with Crippen LogP contribution in [-0.2, 0) is 22.6 Å². The molecule has 2 fully saturated rings. The molecular formula is C24H38N6O2. The highest BCUT2D eigenvalue weighted by molar-refractivity contribution is 5.78. The molecule has 1 saturated carbocycles. The zero-order valence-corrected chi connectivity index (χ0v) is 19.9. The van der Waals surface area contributed by atoms with Gasteiger partial charge in [-0.15, -0.1) is 0 Å². The third kappa shape index (κ3) is 5.05. The number of rotatable bonds is 5. The van der Waals surface area contributed by atoms with E-state index in [0.29, 0.717) is 25.7 Å². The standard InChI is InChI=1S/C24H38N6O2/c1-17(31)30-13-11-21-20(15-30)24(25-2)27-23(26-21)18-8-7-12-29(14-18)16-22(32)28(3)19-9-5-4-6-10-19/h18-19H,4-16H2,1-3H3,(H,25,26,27)/t18-/m1/s1. The summed E-state index contributed by atoms with van der Waals surface area (Å²) in [4.78, 5) is 40.7. The van der Waals surface area contributed by atoms with Crippen LogP contribution in [0.4, 0.5) is 5.82 Å². The third-order valence-corrected chi connectivity index (χ3v) is 7.51. The molecule has 2 amide bonds. The van der Waals surface area contributed by atoms with Crippen molar-refractivity contribution < 1.29 is 9.59 Å². The summed E-state index contributed by atoms with van der Waals surface area (Å²) in [6.45, 7) is 5.16. The first-order chi connectivity index (χ1) is 15.5. The van der Waals surface area contributed by atoms with Crippen LogP contribution in [0.2, 0.25) is 0 Å². The first kappa shape index (κ1) is 23.0. The van der Waals surface area contributed by atoms with Gasteiger partial charge in [-0.2, -0.15) is 0 Å². The smallest absolute Gasteiger partial charge is 0.236 e. The Morgan fingerprint density at radius 2 is 1.88 bits per heavy atom. The number of nitrogens with one attached hydrogen (secondary N) is 1. The molecule has 1 aliphatic carbocycles. The summed E-state index contributed by atoms with van der Waals surface area (Å²) in [6, 6.07) is 0.411. The molecule has 3 heterocycles. The molecule has 1 saturated heterocycles. The van der Waals surface area contributed by atoms with E-state index in [-0.39, 0.29) is 17.7 Å². The molecule has 1 N–H and O–H groups in total. The zero-order chi connectivity index (χ0) is 22.7. The van der Waals surface area contributed by atoms with E-state index in [1.165, 1.54) is 19.3 Å². The Balaban J connectivity index is 1.43. The molecule has 1 atom stereocenters. The van der Waals surface area contributed by atoms with E-state index in [0.717, 1.165) is 68.1 Å². The molecule has 2 aliphatic heterocycles. The van der Waals surface area contributed by atoms with Crippen molar-refractivity contribution in [2.24, 2.45) is 0 Å². The molecular weight excluding hydrogens is 404 g/mol. The molecule has 176 valence electrons. The van der Waals surface area contributed by atoms with Gasteiger partial charge in [-0.25, -0.2) is 9.97 Å². The van der Waals surface area contributed by atoms with Gasteiger partial charge in [0.15, 0.2) is 0 Å². The number of hydrogen-bond donors (Lipinski definition) is 1. The SMILES string of the molecule is CNc1nc([C@@H]2CCCN(CC(=O)N(C)C3CCCCC3)C2)nc2c1CN(C(C)=O)CC2. The highest BCUT2D eigenvalue weighted by Gasteiger charge is 2.30. The maximum absolute atomic E-state index is 12.9. The predicted molar refractivity (Wildman–Crippen MR) is 124 cm³/mol. The molecule has 0 radical (unpaired) electrons. The second-order valence-corrected chi connectivity index (χ2v) is 9.67. The van der Waals surface area contributed by atoms with Crippen molar-refractivity contribution in [2.75, 3.05) is 45.6 Å². The Kier molecular flexibility index (Phi) is 7.28. The lowest BCUT2D eigenvalue weighted by Crippen LogP contribution is -2.46. The molecule has 32 heavy (non-hydrogen) atoms. The van der Waals surface area contributed by atoms with Gasteiger partial charge in [-0.1, -0.05) is 19.3 Å². The Morgan fingerprint density at radius 1 is 1.09 bits per heavy atom. The average Bonchev–Trinajstić information content (AvgIpc) is 2.83. The van der Waals surface area contributed by atoms with Gasteiger partial charge in [0, 0.05) is 58.1 Å². The number of likely N-dealkylation sites (N-methyl/N-ethyl adjacent to an activating group) is 1. The highest BCUT2D eigenvalue weighted by Crippen LogP contribution is 2.30. The van der Waals surface area contributed by atoms with E-state index in [4.69, 9.17) is 9.97 Å². The molecule has 8 nitrogen and oxygen atoms in total. The number of piperidine rings is 1. The van der Waals surface area contributed by atoms with Gasteiger partial charge in [-0.05, 0) is 32.2 Å². The Bertz CT molecular complexity index is 821. The summed E-state index contributed by atoms with van der Waals surface area (Å²) < 4.78 is 0. The van der Waals surface area contributed by atoms with Crippen molar-refractivity contribution in [2.45, 2.75) is 76.8 Å². The van der Waals surface area contributed by atoms with Crippen molar-refractivity contribution in [3.8, 4) is 0 Å². The number of nitrogens with zero attached hydrogens (tertiary/aromatic N) is 5. The lowest BCUT2D eigenvalue weighted by atomic mass is 9.94. The number of carbonyl (C=O) groups excluding carboxylic acids is 2. The van der Waals surface area contributed by atoms with Crippen molar-refractivity contribution >= 4 is 17.6 Å². The minimum Gasteiger partial charge on any atom is -0.373 e. The number of fused-ring (bicyclic) bond motifs is 1. The molecule has 0 unspecified atom stereocenters. The van der Waals surface area contributed by atoms with Gasteiger partial charge in [-0.3, -0.25) is 14.5 Å². The van der Waals surface area contributed by atoms with Crippen LogP contribution in [0.1, 0.15) is 74.9 Å². The van der Waals surface area contributed by atoms with Crippen LogP contribution >= 0.6 is 0 Å². The van der Waals surface area contributed by atoms with Crippen molar-refractivity contribution in [3.63, 3.8) is 0 Å². The van der Waals surface area contributed by atoms with Crippen molar-refractivity contribution in [1.82, 2.24) is 24.7 Å². The third-order valence-electron chi connectivity index (χ3n) is 7.51. The van der Waals surface area contributed by atoms with E-state index in [1.54, 1.807) is 6.92 Å². The number of carbonyl (C=O) groups is 2. The number of likely N-dealkylation sites (tertiary alicyclic amines) is 1. The predicted octanol–water partition coefficient (Wildman–Crippen LogP) is 2.39. The summed E-state index contributed by atoms with van der Waals surface area (Å²) in [5.41, 5.74) is 2.09. The van der Waals surface area contributed by atoms with E-state index >= 15 is 0 Å². The molecule has 0 spiro atoms. The summed E-state index contributed by atoms with van der Waals surface area (Å²) in [5.74, 6) is 2.28. The highest BCUT2D eigenvalue weighted by atomic mass is 16.2. The van der Waals surface area contributed by atoms with Crippen molar-refractivity contribution in [1.29, 1.82) is 0 Å². The Labute approximate surface area is 191 Å². The monoisotopic (exact) mass is 442 g/mol. The topological polar surface area (TPSA) is 81.7 Å². The number of aromatic nitrogens is 2. The normalized spacial score (nSPS) is 22.3. The largest absolute Gasteiger partial charge is 0.373 e. The molecule has 8 heteroatoms. The van der Waals surface area contributed by atoms with Crippen LogP contribution in [-0.4, -0.2) is 82.8 Å². The van der Waals surface area contributed by atoms with Crippen LogP contribution in [0.25, 0.3) is 0 Å². The average molecular weight is 443 g/mol. The van der Waals surface area contributed by atoms with Gasteiger partial charge in [0.1, 0.15) is 11.6 Å². The molecule has 0 bridgehead atoms. The summed E-state index contributed by atoms with van der Waals surface area (Å²) >= 11 is 0. The second-order valence-electron chi connectivity index (χ2n) is 9.67. The molecule has 0 aromatic carbocycles. The Hall–Kier alpha value is -2.22. The van der Waals surface area contributed by atoms with Crippen LogP contribution in [0.15, 0.2) is 0 Å². The fraction of sp³-hybridized carbons (Fsp3) is 0.750. The molecule has 4 rings (SSSR count). The fourth-order valence-electron chi connectivity index (χ4n) is 5.48. The molecule has 1 aromatic heterocycles. The minimum atomic E-state index is 0.0903. The van der Waals surface area contributed by atoms with Crippen LogP contribution in [0.5, 0.6) is 0 Å². The van der Waals surface area contributed by atoms with Crippen molar-refractivity contribution in [3.05, 3.63) is 17.1 Å². The lowest BCUT2D eigenvalue weighted by molar-refractivity contribution is -0.134. The lowest BCUT2D eigenvalue weighted by Gasteiger charge is -2.36. The maximum atomic E-state index is 12.9. The summed E-state index contributed by atoms with van der Waals surface area (Å²) in [7, 11) is 3.86. The van der Waals surface area contributed by atoms with Crippen LogP contribution < -0.4 is 5.32 Å². The fourth-order valence-corrected chi connectivity index (χ4v) is 5.48. The van der Waals surface area contributed by atoms with E-state index in [1.807, 2.05) is 23.9 Å². The van der Waals surface area contributed by atoms with Gasteiger partial charge >= 0.3 is 0 Å². The second kappa shape index (κ2) is 10.1. The molecule has 3 aliphatic rings. The van der Waals surface area contributed by atoms with Crippen LogP contribution in [0, 0.1) is 0 Å².